The summed E-state index contributed by atoms with van der Waals surface area (Å²) >= 11 is 0. The van der Waals surface area contributed by atoms with Crippen LogP contribution in [0.2, 0.25) is 0 Å². The Morgan fingerprint density at radius 3 is 0.710 bits per heavy atom. The lowest BCUT2D eigenvalue weighted by Gasteiger charge is -2.21. The number of aliphatic hydroxyl groups excluding tert-OH is 1. The Kier molecular flexibility index (Phi) is 76.6. The minimum Gasteiger partial charge on any atom is -0.462 e. The van der Waals surface area contributed by atoms with Gasteiger partial charge in [-0.25, -0.2) is 9.13 Å². The molecule has 0 spiro atoms. The van der Waals surface area contributed by atoms with Crippen molar-refractivity contribution in [2.75, 3.05) is 39.6 Å². The first-order chi connectivity index (χ1) is 51.8. The van der Waals surface area contributed by atoms with Gasteiger partial charge in [0.2, 0.25) is 0 Å². The van der Waals surface area contributed by atoms with E-state index >= 15 is 0 Å². The lowest BCUT2D eigenvalue weighted by atomic mass is 9.99. The second-order valence-corrected chi connectivity index (χ2v) is 35.5. The Balaban J connectivity index is 5.20. The third-order valence-electron chi connectivity index (χ3n) is 21.4. The molecule has 0 bridgehead atoms. The zero-order chi connectivity index (χ0) is 78.6. The van der Waals surface area contributed by atoms with Crippen molar-refractivity contribution in [1.29, 1.82) is 0 Å². The molecule has 17 nitrogen and oxygen atoms in total. The van der Waals surface area contributed by atoms with Crippen molar-refractivity contribution in [2.24, 2.45) is 17.8 Å². The summed E-state index contributed by atoms with van der Waals surface area (Å²) < 4.78 is 68.9. The minimum absolute atomic E-state index is 0.106. The predicted molar refractivity (Wildman–Crippen MR) is 441 cm³/mol. The number of hydrogen-bond acceptors (Lipinski definition) is 15. The number of ether oxygens (including phenoxy) is 4. The Labute approximate surface area is 658 Å². The van der Waals surface area contributed by atoms with Crippen LogP contribution < -0.4 is 0 Å². The number of aliphatic hydroxyl groups is 1. The summed E-state index contributed by atoms with van der Waals surface area (Å²) in [5, 5.41) is 10.7. The molecule has 19 heteroatoms. The molecule has 0 fully saturated rings. The van der Waals surface area contributed by atoms with Crippen molar-refractivity contribution >= 4 is 39.5 Å². The van der Waals surface area contributed by atoms with E-state index in [0.717, 1.165) is 108 Å². The van der Waals surface area contributed by atoms with Crippen LogP contribution in [0.5, 0.6) is 0 Å². The van der Waals surface area contributed by atoms with Crippen LogP contribution in [0.15, 0.2) is 0 Å². The number of phosphoric ester groups is 2. The van der Waals surface area contributed by atoms with E-state index in [-0.39, 0.29) is 25.7 Å². The van der Waals surface area contributed by atoms with Crippen LogP contribution in [0.3, 0.4) is 0 Å². The molecule has 0 saturated heterocycles. The van der Waals surface area contributed by atoms with E-state index in [4.69, 9.17) is 37.0 Å². The number of carbonyl (C=O) groups is 4. The van der Waals surface area contributed by atoms with Crippen molar-refractivity contribution in [3.8, 4) is 0 Å². The summed E-state index contributed by atoms with van der Waals surface area (Å²) in [5.74, 6) is 0.378. The highest BCUT2D eigenvalue weighted by molar-refractivity contribution is 7.47. The monoisotopic (exact) mass is 1560 g/mol. The van der Waals surface area contributed by atoms with E-state index < -0.39 is 97.5 Å². The molecule has 0 aliphatic carbocycles. The van der Waals surface area contributed by atoms with Crippen LogP contribution in [0.1, 0.15) is 466 Å². The smallest absolute Gasteiger partial charge is 0.462 e. The molecule has 4 unspecified atom stereocenters. The summed E-state index contributed by atoms with van der Waals surface area (Å²) in [6, 6.07) is 0. The molecule has 107 heavy (non-hydrogen) atoms. The van der Waals surface area contributed by atoms with Gasteiger partial charge in [-0.3, -0.25) is 37.3 Å². The highest BCUT2D eigenvalue weighted by Gasteiger charge is 2.31. The highest BCUT2D eigenvalue weighted by atomic mass is 31.2. The number of rotatable bonds is 86. The fraction of sp³-hybridized carbons (Fsp3) is 0.955. The maximum absolute atomic E-state index is 13.2. The number of carbonyl (C=O) groups excluding carboxylic acids is 4. The van der Waals surface area contributed by atoms with Crippen molar-refractivity contribution in [1.82, 2.24) is 0 Å². The molecular weight excluding hydrogens is 1390 g/mol. The Bertz CT molecular complexity index is 2060. The summed E-state index contributed by atoms with van der Waals surface area (Å²) in [7, 11) is -9.93. The third-order valence-corrected chi connectivity index (χ3v) is 23.3. The molecule has 0 aliphatic heterocycles. The van der Waals surface area contributed by atoms with Gasteiger partial charge in [-0.15, -0.1) is 0 Å². The summed E-state index contributed by atoms with van der Waals surface area (Å²) in [6.07, 6.45) is 69.5. The van der Waals surface area contributed by atoms with Gasteiger partial charge in [0, 0.05) is 25.7 Å². The molecule has 0 aromatic carbocycles. The molecule has 0 rings (SSSR count). The van der Waals surface area contributed by atoms with Crippen molar-refractivity contribution in [3.05, 3.63) is 0 Å². The predicted octanol–water partition coefficient (Wildman–Crippen LogP) is 26.9. The number of unbranched alkanes of at least 4 members (excludes halogenated alkanes) is 52. The van der Waals surface area contributed by atoms with Crippen LogP contribution in [-0.2, 0) is 65.4 Å². The third kappa shape index (κ3) is 79.1. The fourth-order valence-electron chi connectivity index (χ4n) is 13.7. The van der Waals surface area contributed by atoms with E-state index in [1.54, 1.807) is 0 Å². The average Bonchev–Trinajstić information content (AvgIpc) is 0.900. The normalized spacial score (nSPS) is 14.3. The van der Waals surface area contributed by atoms with E-state index in [1.165, 1.54) is 276 Å². The van der Waals surface area contributed by atoms with E-state index in [2.05, 4.69) is 48.5 Å². The number of phosphoric acid groups is 2. The first kappa shape index (κ1) is 105. The SMILES string of the molecule is CCCCCCCCCCCCCC(=O)OC[C@H](COP(=O)(O)OC[C@H](O)COP(=O)(O)OC[C@@H](COC(=O)CCCCCCCCCCCCCCCCCCCCC(C)CC)OC(=O)CCCCCCCCCCCCCCCCCCCCC(C)CC)OC(=O)CCCCCCCCCCCC(C)C. The van der Waals surface area contributed by atoms with E-state index in [1.807, 2.05) is 0 Å². The van der Waals surface area contributed by atoms with Crippen LogP contribution >= 0.6 is 15.6 Å². The maximum atomic E-state index is 13.2. The molecule has 0 saturated carbocycles. The second-order valence-electron chi connectivity index (χ2n) is 32.6. The second kappa shape index (κ2) is 78.0. The summed E-state index contributed by atoms with van der Waals surface area (Å²) in [4.78, 5) is 73.2. The number of hydrogen-bond donors (Lipinski definition) is 3. The van der Waals surface area contributed by atoms with Gasteiger partial charge in [0.1, 0.15) is 19.3 Å². The van der Waals surface area contributed by atoms with Gasteiger partial charge in [-0.1, -0.05) is 414 Å². The molecule has 0 aliphatic rings. The minimum atomic E-state index is -4.97. The van der Waals surface area contributed by atoms with E-state index in [9.17, 15) is 43.2 Å². The van der Waals surface area contributed by atoms with Crippen LogP contribution in [0.25, 0.3) is 0 Å². The van der Waals surface area contributed by atoms with Crippen LogP contribution in [-0.4, -0.2) is 96.7 Å². The Morgan fingerprint density at radius 1 is 0.271 bits per heavy atom. The Hall–Kier alpha value is -1.94. The summed E-state index contributed by atoms with van der Waals surface area (Å²) in [5.41, 5.74) is 0. The molecular formula is C88H172O17P2. The first-order valence-corrected chi connectivity index (χ1v) is 48.4. The zero-order valence-corrected chi connectivity index (χ0v) is 72.4. The molecule has 0 aromatic rings. The molecule has 0 amide bonds. The molecule has 0 aromatic heterocycles. The van der Waals surface area contributed by atoms with Gasteiger partial charge in [0.25, 0.3) is 0 Å². The topological polar surface area (TPSA) is 237 Å². The van der Waals surface area contributed by atoms with Crippen LogP contribution in [0.4, 0.5) is 0 Å². The van der Waals surface area contributed by atoms with Crippen LogP contribution in [0, 0.1) is 17.8 Å². The fourth-order valence-corrected chi connectivity index (χ4v) is 15.2. The largest absolute Gasteiger partial charge is 0.472 e. The van der Waals surface area contributed by atoms with E-state index in [0.29, 0.717) is 25.7 Å². The summed E-state index contributed by atoms with van der Waals surface area (Å²) in [6.45, 7) is 12.1. The quantitative estimate of drug-likeness (QED) is 0.0222. The maximum Gasteiger partial charge on any atom is 0.472 e. The van der Waals surface area contributed by atoms with Gasteiger partial charge in [-0.2, -0.15) is 0 Å². The molecule has 7 atom stereocenters. The van der Waals surface area contributed by atoms with Gasteiger partial charge in [-0.05, 0) is 43.4 Å². The lowest BCUT2D eigenvalue weighted by Crippen LogP contribution is -2.30. The van der Waals surface area contributed by atoms with Gasteiger partial charge in [0.15, 0.2) is 12.2 Å². The number of esters is 4. The zero-order valence-electron chi connectivity index (χ0n) is 70.6. The van der Waals surface area contributed by atoms with Crippen molar-refractivity contribution < 1.29 is 80.2 Å². The van der Waals surface area contributed by atoms with Gasteiger partial charge >= 0.3 is 39.5 Å². The lowest BCUT2D eigenvalue weighted by molar-refractivity contribution is -0.161. The molecule has 0 radical (unpaired) electrons. The van der Waals surface area contributed by atoms with Crippen molar-refractivity contribution in [3.63, 3.8) is 0 Å². The molecule has 636 valence electrons. The van der Waals surface area contributed by atoms with Gasteiger partial charge < -0.3 is 33.8 Å². The standard InChI is InChI=1S/C88H172O17P2/c1-8-11-12-13-14-15-32-41-48-55-62-69-85(90)98-76-84(105-88(93)72-65-58-51-44-37-38-45-52-59-66-79(4)5)78-103-107(96,97)101-74-82(89)73-100-106(94,95)102-77-83(104-87(92)71-64-57-50-43-36-31-27-23-19-17-21-25-29-34-40-47-54-61-68-81(7)10-3)75-99-86(91)70-63-56-49-42-35-30-26-22-18-16-20-24-28-33-39-46-53-60-67-80(6)9-2/h79-84,89H,8-78H2,1-7H3,(H,94,95)(H,96,97)/t80?,81?,82-,83-,84-/m1/s1. The first-order valence-electron chi connectivity index (χ1n) is 45.4. The molecule has 3 N–H and O–H groups in total. The van der Waals surface area contributed by atoms with Crippen molar-refractivity contribution in [2.45, 2.75) is 484 Å². The molecule has 0 heterocycles. The average molecular weight is 1560 g/mol. The Morgan fingerprint density at radius 2 is 0.477 bits per heavy atom. The highest BCUT2D eigenvalue weighted by Crippen LogP contribution is 2.45. The van der Waals surface area contributed by atoms with Gasteiger partial charge in [0.05, 0.1) is 26.4 Å².